The van der Waals surface area contributed by atoms with E-state index in [1.165, 1.54) is 4.88 Å². The van der Waals surface area contributed by atoms with Gasteiger partial charge in [-0.25, -0.2) is 4.79 Å². The number of carbonyl (C=O) groups excluding carboxylic acids is 2. The third-order valence-corrected chi connectivity index (χ3v) is 6.02. The van der Waals surface area contributed by atoms with Gasteiger partial charge < -0.3 is 15.0 Å². The first-order valence-electron chi connectivity index (χ1n) is 10.2. The standard InChI is InChI=1S/C21H35N3O3S/c1-6-23(15-19(25)22-16(2)18-10-8-14-28-18)17-9-7-12-24(13-11-17)20(26)27-21(3,4)5/h8,10,14,16-17H,6-7,9,11-13,15H2,1-5H3,(H,22,25)/t16-,17+/m0/s1. The molecule has 0 saturated carbocycles. The molecule has 2 amide bonds. The van der Waals surface area contributed by atoms with Crippen molar-refractivity contribution < 1.29 is 14.3 Å². The lowest BCUT2D eigenvalue weighted by molar-refractivity contribution is -0.123. The maximum Gasteiger partial charge on any atom is 0.410 e. The second kappa shape index (κ2) is 10.3. The highest BCUT2D eigenvalue weighted by Gasteiger charge is 2.28. The van der Waals surface area contributed by atoms with Gasteiger partial charge in [0.05, 0.1) is 12.6 Å². The second-order valence-electron chi connectivity index (χ2n) is 8.42. The summed E-state index contributed by atoms with van der Waals surface area (Å²) in [4.78, 5) is 30.1. The summed E-state index contributed by atoms with van der Waals surface area (Å²) in [5.41, 5.74) is -0.477. The van der Waals surface area contributed by atoms with E-state index >= 15 is 0 Å². The lowest BCUT2D eigenvalue weighted by Gasteiger charge is -2.30. The Bertz CT molecular complexity index is 627. The predicted octanol–water partition coefficient (Wildman–Crippen LogP) is 4.04. The Morgan fingerprint density at radius 3 is 2.71 bits per heavy atom. The molecule has 6 nitrogen and oxygen atoms in total. The third kappa shape index (κ3) is 7.09. The molecule has 2 heterocycles. The van der Waals surface area contributed by atoms with Crippen molar-refractivity contribution in [3.8, 4) is 0 Å². The Labute approximate surface area is 173 Å². The number of likely N-dealkylation sites (N-methyl/N-ethyl adjacent to an activating group) is 1. The van der Waals surface area contributed by atoms with E-state index in [1.54, 1.807) is 16.2 Å². The summed E-state index contributed by atoms with van der Waals surface area (Å²) in [6.45, 7) is 12.4. The molecule has 2 atom stereocenters. The first kappa shape index (κ1) is 22.7. The number of nitrogens with one attached hydrogen (secondary N) is 1. The fourth-order valence-electron chi connectivity index (χ4n) is 3.53. The van der Waals surface area contributed by atoms with E-state index in [2.05, 4.69) is 17.1 Å². The second-order valence-corrected chi connectivity index (χ2v) is 9.40. The molecule has 1 saturated heterocycles. The molecule has 158 valence electrons. The molecule has 1 aromatic heterocycles. The molecular formula is C21H35N3O3S. The predicted molar refractivity (Wildman–Crippen MR) is 114 cm³/mol. The molecule has 0 radical (unpaired) electrons. The summed E-state index contributed by atoms with van der Waals surface area (Å²) >= 11 is 1.66. The van der Waals surface area contributed by atoms with Crippen molar-refractivity contribution in [1.82, 2.24) is 15.1 Å². The fraction of sp³-hybridized carbons (Fsp3) is 0.714. The average Bonchev–Trinajstić information content (AvgIpc) is 3.03. The van der Waals surface area contributed by atoms with Gasteiger partial charge in [0.15, 0.2) is 0 Å². The molecule has 0 aliphatic carbocycles. The largest absolute Gasteiger partial charge is 0.444 e. The summed E-state index contributed by atoms with van der Waals surface area (Å²) in [5.74, 6) is 0.0518. The maximum atomic E-state index is 12.5. The summed E-state index contributed by atoms with van der Waals surface area (Å²) in [6, 6.07) is 4.38. The number of carbonyl (C=O) groups is 2. The minimum absolute atomic E-state index is 0.0306. The lowest BCUT2D eigenvalue weighted by atomic mass is 10.1. The Balaban J connectivity index is 1.86. The van der Waals surface area contributed by atoms with Crippen LogP contribution >= 0.6 is 11.3 Å². The van der Waals surface area contributed by atoms with Gasteiger partial charge in [0.1, 0.15) is 5.60 Å². The van der Waals surface area contributed by atoms with Crippen LogP contribution < -0.4 is 5.32 Å². The van der Waals surface area contributed by atoms with Crippen molar-refractivity contribution >= 4 is 23.3 Å². The van der Waals surface area contributed by atoms with Gasteiger partial charge in [0.2, 0.25) is 5.91 Å². The molecule has 1 fully saturated rings. The van der Waals surface area contributed by atoms with Crippen molar-refractivity contribution in [3.63, 3.8) is 0 Å². The average molecular weight is 410 g/mol. The van der Waals surface area contributed by atoms with Gasteiger partial charge in [-0.3, -0.25) is 9.69 Å². The number of ether oxygens (including phenoxy) is 1. The van der Waals surface area contributed by atoms with Gasteiger partial charge in [0.25, 0.3) is 0 Å². The Kier molecular flexibility index (Phi) is 8.31. The van der Waals surface area contributed by atoms with E-state index < -0.39 is 5.60 Å². The van der Waals surface area contributed by atoms with Crippen molar-refractivity contribution in [3.05, 3.63) is 22.4 Å². The zero-order valence-electron chi connectivity index (χ0n) is 17.9. The molecule has 0 bridgehead atoms. The molecule has 0 unspecified atom stereocenters. The third-order valence-electron chi connectivity index (χ3n) is 4.97. The molecular weight excluding hydrogens is 374 g/mol. The smallest absolute Gasteiger partial charge is 0.410 e. The fourth-order valence-corrected chi connectivity index (χ4v) is 4.27. The number of nitrogens with zero attached hydrogens (tertiary/aromatic N) is 2. The van der Waals surface area contributed by atoms with Crippen LogP contribution in [0.4, 0.5) is 4.79 Å². The molecule has 1 N–H and O–H groups in total. The molecule has 7 heteroatoms. The van der Waals surface area contributed by atoms with Crippen LogP contribution in [-0.2, 0) is 9.53 Å². The summed E-state index contributed by atoms with van der Waals surface area (Å²) in [7, 11) is 0. The van der Waals surface area contributed by atoms with Crippen LogP contribution in [0.1, 0.15) is 64.8 Å². The van der Waals surface area contributed by atoms with E-state index in [1.807, 2.05) is 45.2 Å². The van der Waals surface area contributed by atoms with E-state index in [0.29, 0.717) is 25.7 Å². The number of likely N-dealkylation sites (tertiary alicyclic amines) is 1. The number of hydrogen-bond donors (Lipinski definition) is 1. The molecule has 0 aromatic carbocycles. The van der Waals surface area contributed by atoms with Crippen LogP contribution in [0.25, 0.3) is 0 Å². The Morgan fingerprint density at radius 1 is 1.36 bits per heavy atom. The SMILES string of the molecule is CCN(CC(=O)N[C@@H](C)c1cccs1)[C@@H]1CCCN(C(=O)OC(C)(C)C)CC1. The minimum Gasteiger partial charge on any atom is -0.444 e. The molecule has 28 heavy (non-hydrogen) atoms. The molecule has 1 aromatic rings. The van der Waals surface area contributed by atoms with E-state index in [-0.39, 0.29) is 18.0 Å². The normalized spacial score (nSPS) is 19.2. The number of rotatable bonds is 6. The lowest BCUT2D eigenvalue weighted by Crippen LogP contribution is -2.44. The van der Waals surface area contributed by atoms with Gasteiger partial charge in [0, 0.05) is 24.0 Å². The van der Waals surface area contributed by atoms with Crippen LogP contribution in [0.15, 0.2) is 17.5 Å². The van der Waals surface area contributed by atoms with Crippen LogP contribution in [0.3, 0.4) is 0 Å². The van der Waals surface area contributed by atoms with Crippen molar-refractivity contribution in [2.75, 3.05) is 26.2 Å². The van der Waals surface area contributed by atoms with Gasteiger partial charge >= 0.3 is 6.09 Å². The molecule has 1 aliphatic heterocycles. The van der Waals surface area contributed by atoms with E-state index in [9.17, 15) is 9.59 Å². The topological polar surface area (TPSA) is 61.9 Å². The minimum atomic E-state index is -0.477. The van der Waals surface area contributed by atoms with Crippen molar-refractivity contribution in [1.29, 1.82) is 0 Å². The number of hydrogen-bond acceptors (Lipinski definition) is 5. The molecule has 0 spiro atoms. The van der Waals surface area contributed by atoms with Crippen LogP contribution in [0.5, 0.6) is 0 Å². The van der Waals surface area contributed by atoms with Gasteiger partial charge in [-0.05, 0) is 64.9 Å². The van der Waals surface area contributed by atoms with Gasteiger partial charge in [-0.15, -0.1) is 11.3 Å². The monoisotopic (exact) mass is 409 g/mol. The quantitative estimate of drug-likeness (QED) is 0.770. The highest BCUT2D eigenvalue weighted by atomic mass is 32.1. The van der Waals surface area contributed by atoms with Crippen molar-refractivity contribution in [2.45, 2.75) is 71.6 Å². The Morgan fingerprint density at radius 2 is 2.11 bits per heavy atom. The summed E-state index contributed by atoms with van der Waals surface area (Å²) < 4.78 is 5.51. The molecule has 2 rings (SSSR count). The molecule has 1 aliphatic rings. The maximum absolute atomic E-state index is 12.5. The van der Waals surface area contributed by atoms with Crippen LogP contribution in [-0.4, -0.2) is 59.6 Å². The summed E-state index contributed by atoms with van der Waals surface area (Å²) in [6.07, 6.45) is 2.54. The zero-order valence-corrected chi connectivity index (χ0v) is 18.7. The van der Waals surface area contributed by atoms with Crippen molar-refractivity contribution in [2.24, 2.45) is 0 Å². The highest BCUT2D eigenvalue weighted by Crippen LogP contribution is 2.20. The zero-order chi connectivity index (χ0) is 20.7. The van der Waals surface area contributed by atoms with E-state index in [4.69, 9.17) is 4.74 Å². The first-order chi connectivity index (χ1) is 13.2. The highest BCUT2D eigenvalue weighted by molar-refractivity contribution is 7.10. The van der Waals surface area contributed by atoms with E-state index in [0.717, 1.165) is 25.8 Å². The van der Waals surface area contributed by atoms with Crippen LogP contribution in [0.2, 0.25) is 0 Å². The van der Waals surface area contributed by atoms with Gasteiger partial charge in [-0.2, -0.15) is 0 Å². The first-order valence-corrected chi connectivity index (χ1v) is 11.1. The summed E-state index contributed by atoms with van der Waals surface area (Å²) in [5, 5.41) is 5.13. The van der Waals surface area contributed by atoms with Crippen LogP contribution in [0, 0.1) is 0 Å². The Hall–Kier alpha value is -1.60. The number of amides is 2. The van der Waals surface area contributed by atoms with Gasteiger partial charge in [-0.1, -0.05) is 13.0 Å². The number of thiophene rings is 1.